The molecule has 1 rings (SSSR count). The Hall–Kier alpha value is -1.52. The molecule has 0 bridgehead atoms. The van der Waals surface area contributed by atoms with Crippen LogP contribution in [0.2, 0.25) is 0 Å². The van der Waals surface area contributed by atoms with Crippen LogP contribution in [-0.4, -0.2) is 28.2 Å². The summed E-state index contributed by atoms with van der Waals surface area (Å²) < 4.78 is 0. The molecule has 5 nitrogen and oxygen atoms in total. The Morgan fingerprint density at radius 3 is 2.38 bits per heavy atom. The highest BCUT2D eigenvalue weighted by Gasteiger charge is 2.12. The van der Waals surface area contributed by atoms with E-state index in [9.17, 15) is 9.90 Å². The topological polar surface area (TPSA) is 69.2 Å². The summed E-state index contributed by atoms with van der Waals surface area (Å²) >= 11 is 0. The molecule has 0 aliphatic carbocycles. The second kappa shape index (κ2) is 5.53. The van der Waals surface area contributed by atoms with Gasteiger partial charge in [-0.05, 0) is 20.3 Å². The van der Waals surface area contributed by atoms with Gasteiger partial charge in [0.1, 0.15) is 0 Å². The number of aromatic hydroxyl groups is 1. The highest BCUT2D eigenvalue weighted by atomic mass is 16.3. The largest absolute Gasteiger partial charge is 0.493 e. The van der Waals surface area contributed by atoms with Crippen LogP contribution in [0.1, 0.15) is 32.8 Å². The van der Waals surface area contributed by atoms with Gasteiger partial charge in [0.2, 0.25) is 11.8 Å². The molecule has 0 unspecified atom stereocenters. The monoisotopic (exact) mass is 225 g/mol. The van der Waals surface area contributed by atoms with Gasteiger partial charge < -0.3 is 10.0 Å². The number of nitrogens with zero attached hydrogens (tertiary/aromatic N) is 2. The molecule has 0 amide bonds. The lowest BCUT2D eigenvalue weighted by Crippen LogP contribution is -2.27. The summed E-state index contributed by atoms with van der Waals surface area (Å²) in [4.78, 5) is 20.3. The number of aromatic amines is 1. The van der Waals surface area contributed by atoms with E-state index in [1.165, 1.54) is 0 Å². The Labute approximate surface area is 95.1 Å². The third kappa shape index (κ3) is 2.53. The molecule has 0 aromatic carbocycles. The van der Waals surface area contributed by atoms with Crippen LogP contribution in [0.25, 0.3) is 0 Å². The lowest BCUT2D eigenvalue weighted by atomic mass is 10.2. The molecule has 0 atom stereocenters. The van der Waals surface area contributed by atoms with Gasteiger partial charge in [-0.1, -0.05) is 13.3 Å². The maximum atomic E-state index is 11.7. The standard InChI is InChI=1S/C11H19N3O2/c1-4-7-8-9(15)12-11(13-10(8)16)14(5-2)6-3/h4-7H2,1-3H3,(H2,12,13,15,16). The van der Waals surface area contributed by atoms with Gasteiger partial charge in [0.15, 0.2) is 0 Å². The van der Waals surface area contributed by atoms with E-state index >= 15 is 0 Å². The van der Waals surface area contributed by atoms with E-state index in [1.807, 2.05) is 25.7 Å². The lowest BCUT2D eigenvalue weighted by Gasteiger charge is -2.19. The Balaban J connectivity index is 3.13. The summed E-state index contributed by atoms with van der Waals surface area (Å²) in [7, 11) is 0. The number of nitrogens with one attached hydrogen (secondary N) is 1. The zero-order valence-corrected chi connectivity index (χ0v) is 10.1. The third-order valence-electron chi connectivity index (χ3n) is 2.54. The van der Waals surface area contributed by atoms with Crippen LogP contribution >= 0.6 is 0 Å². The van der Waals surface area contributed by atoms with Crippen LogP contribution in [-0.2, 0) is 6.42 Å². The number of hydrogen-bond donors (Lipinski definition) is 2. The molecule has 2 N–H and O–H groups in total. The van der Waals surface area contributed by atoms with Gasteiger partial charge in [0.25, 0.3) is 5.56 Å². The second-order valence-corrected chi connectivity index (χ2v) is 3.61. The van der Waals surface area contributed by atoms with Crippen LogP contribution in [0.4, 0.5) is 5.95 Å². The van der Waals surface area contributed by atoms with E-state index in [4.69, 9.17) is 0 Å². The first-order chi connectivity index (χ1) is 7.63. The fraction of sp³-hybridized carbons (Fsp3) is 0.636. The molecule has 1 aromatic rings. The van der Waals surface area contributed by atoms with Gasteiger partial charge in [-0.2, -0.15) is 4.98 Å². The smallest absolute Gasteiger partial charge is 0.259 e. The fourth-order valence-corrected chi connectivity index (χ4v) is 1.62. The number of rotatable bonds is 5. The molecular formula is C11H19N3O2. The summed E-state index contributed by atoms with van der Waals surface area (Å²) in [5.41, 5.74) is 0.134. The van der Waals surface area contributed by atoms with Crippen molar-refractivity contribution in [3.8, 4) is 5.88 Å². The first-order valence-corrected chi connectivity index (χ1v) is 5.71. The van der Waals surface area contributed by atoms with E-state index in [0.717, 1.165) is 19.5 Å². The zero-order valence-electron chi connectivity index (χ0n) is 10.1. The number of anilines is 1. The average molecular weight is 225 g/mol. The van der Waals surface area contributed by atoms with Gasteiger partial charge in [-0.3, -0.25) is 9.78 Å². The molecule has 1 heterocycles. The van der Waals surface area contributed by atoms with Crippen LogP contribution < -0.4 is 10.5 Å². The van der Waals surface area contributed by atoms with Gasteiger partial charge in [0.05, 0.1) is 5.56 Å². The first kappa shape index (κ1) is 12.5. The van der Waals surface area contributed by atoms with Crippen molar-refractivity contribution in [2.24, 2.45) is 0 Å². The quantitative estimate of drug-likeness (QED) is 0.792. The Kier molecular flexibility index (Phi) is 4.34. The molecule has 0 aliphatic heterocycles. The zero-order chi connectivity index (χ0) is 12.1. The molecule has 5 heteroatoms. The van der Waals surface area contributed by atoms with E-state index < -0.39 is 0 Å². The molecule has 0 radical (unpaired) electrons. The van der Waals surface area contributed by atoms with Crippen molar-refractivity contribution < 1.29 is 5.11 Å². The maximum Gasteiger partial charge on any atom is 0.259 e. The highest BCUT2D eigenvalue weighted by molar-refractivity contribution is 5.35. The number of hydrogen-bond acceptors (Lipinski definition) is 4. The van der Waals surface area contributed by atoms with E-state index in [2.05, 4.69) is 9.97 Å². The van der Waals surface area contributed by atoms with Crippen molar-refractivity contribution in [1.29, 1.82) is 0 Å². The Morgan fingerprint density at radius 2 is 1.94 bits per heavy atom. The minimum absolute atomic E-state index is 0.146. The van der Waals surface area contributed by atoms with Crippen molar-refractivity contribution in [3.05, 3.63) is 15.9 Å². The van der Waals surface area contributed by atoms with Crippen molar-refractivity contribution in [2.75, 3.05) is 18.0 Å². The molecule has 16 heavy (non-hydrogen) atoms. The van der Waals surface area contributed by atoms with E-state index in [0.29, 0.717) is 17.9 Å². The van der Waals surface area contributed by atoms with Crippen molar-refractivity contribution in [2.45, 2.75) is 33.6 Å². The maximum absolute atomic E-state index is 11.7. The summed E-state index contributed by atoms with van der Waals surface area (Å²) in [5.74, 6) is 0.292. The Bertz CT molecular complexity index is 397. The minimum Gasteiger partial charge on any atom is -0.493 e. The summed E-state index contributed by atoms with van der Waals surface area (Å²) in [6.45, 7) is 7.39. The van der Waals surface area contributed by atoms with E-state index in [-0.39, 0.29) is 11.4 Å². The average Bonchev–Trinajstić information content (AvgIpc) is 2.25. The number of H-pyrrole nitrogens is 1. The predicted octanol–water partition coefficient (Wildman–Crippen LogP) is 1.27. The SMILES string of the molecule is CCCc1c(O)nc(N(CC)CC)[nH]c1=O. The van der Waals surface area contributed by atoms with Crippen LogP contribution in [0.3, 0.4) is 0 Å². The molecule has 0 saturated heterocycles. The predicted molar refractivity (Wildman–Crippen MR) is 64.1 cm³/mol. The number of aromatic nitrogens is 2. The molecule has 0 saturated carbocycles. The van der Waals surface area contributed by atoms with Gasteiger partial charge in [-0.25, -0.2) is 0 Å². The lowest BCUT2D eigenvalue weighted by molar-refractivity contribution is 0.442. The molecular weight excluding hydrogens is 206 g/mol. The van der Waals surface area contributed by atoms with Gasteiger partial charge in [0, 0.05) is 13.1 Å². The third-order valence-corrected chi connectivity index (χ3v) is 2.54. The Morgan fingerprint density at radius 1 is 1.31 bits per heavy atom. The second-order valence-electron chi connectivity index (χ2n) is 3.61. The first-order valence-electron chi connectivity index (χ1n) is 5.71. The van der Waals surface area contributed by atoms with Gasteiger partial charge in [-0.15, -0.1) is 0 Å². The molecule has 1 aromatic heterocycles. The van der Waals surface area contributed by atoms with E-state index in [1.54, 1.807) is 0 Å². The summed E-state index contributed by atoms with van der Waals surface area (Å²) in [6, 6.07) is 0. The molecule has 0 fully saturated rings. The van der Waals surface area contributed by atoms with Gasteiger partial charge >= 0.3 is 0 Å². The normalized spacial score (nSPS) is 10.4. The minimum atomic E-state index is -0.240. The van der Waals surface area contributed by atoms with Crippen LogP contribution in [0, 0.1) is 0 Å². The molecule has 90 valence electrons. The highest BCUT2D eigenvalue weighted by Crippen LogP contribution is 2.14. The summed E-state index contributed by atoms with van der Waals surface area (Å²) in [5, 5.41) is 9.69. The van der Waals surface area contributed by atoms with Crippen LogP contribution in [0.15, 0.2) is 4.79 Å². The van der Waals surface area contributed by atoms with Crippen LogP contribution in [0.5, 0.6) is 5.88 Å². The van der Waals surface area contributed by atoms with Crippen molar-refractivity contribution in [1.82, 2.24) is 9.97 Å². The van der Waals surface area contributed by atoms with Crippen molar-refractivity contribution in [3.63, 3.8) is 0 Å². The fourth-order valence-electron chi connectivity index (χ4n) is 1.62. The summed E-state index contributed by atoms with van der Waals surface area (Å²) in [6.07, 6.45) is 1.36. The molecule has 0 spiro atoms. The van der Waals surface area contributed by atoms with Crippen molar-refractivity contribution >= 4 is 5.95 Å². The molecule has 0 aliphatic rings.